The molecule has 0 saturated carbocycles. The van der Waals surface area contributed by atoms with Crippen molar-refractivity contribution in [3.05, 3.63) is 62.7 Å². The molecule has 2 aromatic rings. The molecule has 1 unspecified atom stereocenters. The van der Waals surface area contributed by atoms with E-state index < -0.39 is 16.8 Å². The number of hydrogen-bond acceptors (Lipinski definition) is 9. The summed E-state index contributed by atoms with van der Waals surface area (Å²) >= 11 is 0. The topological polar surface area (TPSA) is 145 Å². The van der Waals surface area contributed by atoms with Gasteiger partial charge in [0.15, 0.2) is 0 Å². The van der Waals surface area contributed by atoms with E-state index in [0.717, 1.165) is 0 Å². The Morgan fingerprint density at radius 3 is 2.54 bits per heavy atom. The van der Waals surface area contributed by atoms with E-state index in [1.165, 1.54) is 36.3 Å². The molecule has 35 heavy (non-hydrogen) atoms. The summed E-state index contributed by atoms with van der Waals surface area (Å²) in [6.45, 7) is 5.85. The Labute approximate surface area is 202 Å². The molecule has 1 saturated heterocycles. The third-order valence-electron chi connectivity index (χ3n) is 5.61. The number of piperazine rings is 1. The SMILES string of the molecule is COCCOC(=O)c1c(C)nc(C)nc1C(=O)N1CCN(C(=O)c2cccc([N+](=O)[O-])c2)C(C)C1. The molecule has 186 valence electrons. The Bertz CT molecular complexity index is 1150. The molecular weight excluding hydrogens is 458 g/mol. The maximum atomic E-state index is 13.4. The van der Waals surface area contributed by atoms with Crippen molar-refractivity contribution in [1.82, 2.24) is 19.8 Å². The van der Waals surface area contributed by atoms with Crippen LogP contribution in [0.15, 0.2) is 24.3 Å². The van der Waals surface area contributed by atoms with E-state index in [1.54, 1.807) is 25.7 Å². The quantitative estimate of drug-likeness (QED) is 0.248. The van der Waals surface area contributed by atoms with Crippen molar-refractivity contribution in [3.8, 4) is 0 Å². The molecule has 12 nitrogen and oxygen atoms in total. The molecule has 0 spiro atoms. The summed E-state index contributed by atoms with van der Waals surface area (Å²) in [5.41, 5.74) is 0.309. The summed E-state index contributed by atoms with van der Waals surface area (Å²) in [7, 11) is 1.48. The number of nitrogens with zero attached hydrogens (tertiary/aromatic N) is 5. The lowest BCUT2D eigenvalue weighted by Gasteiger charge is -2.40. The fourth-order valence-electron chi connectivity index (χ4n) is 3.91. The number of aryl methyl sites for hydroxylation is 2. The Kier molecular flexibility index (Phi) is 8.07. The predicted octanol–water partition coefficient (Wildman–Crippen LogP) is 1.79. The molecule has 2 amide bonds. The van der Waals surface area contributed by atoms with E-state index in [-0.39, 0.29) is 67.3 Å². The second-order valence-electron chi connectivity index (χ2n) is 8.11. The first kappa shape index (κ1) is 25.7. The fourth-order valence-corrected chi connectivity index (χ4v) is 3.91. The zero-order valence-corrected chi connectivity index (χ0v) is 20.0. The maximum absolute atomic E-state index is 13.4. The first-order valence-corrected chi connectivity index (χ1v) is 11.0. The van der Waals surface area contributed by atoms with Crippen molar-refractivity contribution < 1.29 is 28.8 Å². The summed E-state index contributed by atoms with van der Waals surface area (Å²) < 4.78 is 10.1. The zero-order valence-electron chi connectivity index (χ0n) is 20.0. The average molecular weight is 485 g/mol. The predicted molar refractivity (Wildman–Crippen MR) is 123 cm³/mol. The van der Waals surface area contributed by atoms with Gasteiger partial charge in [-0.2, -0.15) is 0 Å². The van der Waals surface area contributed by atoms with E-state index in [4.69, 9.17) is 9.47 Å². The van der Waals surface area contributed by atoms with Crippen LogP contribution in [-0.4, -0.2) is 88.5 Å². The van der Waals surface area contributed by atoms with E-state index in [0.29, 0.717) is 11.5 Å². The number of nitro groups is 1. The van der Waals surface area contributed by atoms with Gasteiger partial charge in [0.25, 0.3) is 17.5 Å². The molecule has 3 rings (SSSR count). The van der Waals surface area contributed by atoms with E-state index in [1.807, 2.05) is 0 Å². The van der Waals surface area contributed by atoms with Gasteiger partial charge in [-0.15, -0.1) is 0 Å². The number of methoxy groups -OCH3 is 1. The van der Waals surface area contributed by atoms with Gasteiger partial charge < -0.3 is 19.3 Å². The van der Waals surface area contributed by atoms with Crippen LogP contribution in [0.4, 0.5) is 5.69 Å². The summed E-state index contributed by atoms with van der Waals surface area (Å²) in [4.78, 5) is 61.1. The summed E-state index contributed by atoms with van der Waals surface area (Å²) in [6, 6.07) is 5.16. The van der Waals surface area contributed by atoms with E-state index in [9.17, 15) is 24.5 Å². The van der Waals surface area contributed by atoms with Gasteiger partial charge in [0.05, 0.1) is 17.2 Å². The van der Waals surface area contributed by atoms with Crippen LogP contribution in [0, 0.1) is 24.0 Å². The van der Waals surface area contributed by atoms with Gasteiger partial charge in [0, 0.05) is 50.5 Å². The number of esters is 1. The summed E-state index contributed by atoms with van der Waals surface area (Å²) in [6.07, 6.45) is 0. The summed E-state index contributed by atoms with van der Waals surface area (Å²) in [5, 5.41) is 11.1. The third-order valence-corrected chi connectivity index (χ3v) is 5.61. The highest BCUT2D eigenvalue weighted by Gasteiger charge is 2.34. The number of carbonyl (C=O) groups is 3. The molecule has 0 bridgehead atoms. The molecule has 1 aliphatic rings. The molecule has 1 atom stereocenters. The lowest BCUT2D eigenvalue weighted by Crippen LogP contribution is -2.55. The van der Waals surface area contributed by atoms with Crippen LogP contribution < -0.4 is 0 Å². The number of nitro benzene ring substituents is 1. The van der Waals surface area contributed by atoms with Crippen LogP contribution in [0.2, 0.25) is 0 Å². The highest BCUT2D eigenvalue weighted by molar-refractivity contribution is 6.04. The van der Waals surface area contributed by atoms with Crippen molar-refractivity contribution in [2.45, 2.75) is 26.8 Å². The molecule has 1 aromatic heterocycles. The zero-order chi connectivity index (χ0) is 25.7. The number of rotatable bonds is 7. The number of hydrogen-bond donors (Lipinski definition) is 0. The Hall–Kier alpha value is -3.93. The summed E-state index contributed by atoms with van der Waals surface area (Å²) in [5.74, 6) is -1.20. The van der Waals surface area contributed by atoms with Crippen LogP contribution in [0.25, 0.3) is 0 Å². The lowest BCUT2D eigenvalue weighted by atomic mass is 10.1. The molecule has 1 fully saturated rings. The molecule has 2 heterocycles. The fraction of sp³-hybridized carbons (Fsp3) is 0.435. The van der Waals surface area contributed by atoms with Crippen molar-refractivity contribution in [2.24, 2.45) is 0 Å². The normalized spacial score (nSPS) is 15.6. The molecule has 1 aliphatic heterocycles. The van der Waals surface area contributed by atoms with Gasteiger partial charge in [-0.3, -0.25) is 19.7 Å². The first-order valence-electron chi connectivity index (χ1n) is 11.0. The van der Waals surface area contributed by atoms with Crippen molar-refractivity contribution in [3.63, 3.8) is 0 Å². The average Bonchev–Trinajstić information content (AvgIpc) is 2.82. The second kappa shape index (κ2) is 11.0. The largest absolute Gasteiger partial charge is 0.460 e. The molecule has 0 aliphatic carbocycles. The molecule has 0 N–H and O–H groups in total. The Morgan fingerprint density at radius 2 is 1.89 bits per heavy atom. The van der Waals surface area contributed by atoms with Gasteiger partial charge in [-0.1, -0.05) is 6.07 Å². The van der Waals surface area contributed by atoms with Crippen LogP contribution in [0.1, 0.15) is 49.6 Å². The monoisotopic (exact) mass is 485 g/mol. The second-order valence-corrected chi connectivity index (χ2v) is 8.11. The van der Waals surface area contributed by atoms with Gasteiger partial charge in [0.1, 0.15) is 23.7 Å². The van der Waals surface area contributed by atoms with Crippen LogP contribution in [0.3, 0.4) is 0 Å². The number of amides is 2. The van der Waals surface area contributed by atoms with Gasteiger partial charge in [-0.25, -0.2) is 14.8 Å². The number of benzene rings is 1. The smallest absolute Gasteiger partial charge is 0.342 e. The van der Waals surface area contributed by atoms with E-state index >= 15 is 0 Å². The number of carbonyl (C=O) groups excluding carboxylic acids is 3. The minimum Gasteiger partial charge on any atom is -0.460 e. The molecule has 12 heteroatoms. The maximum Gasteiger partial charge on any atom is 0.342 e. The minimum absolute atomic E-state index is 0.000503. The van der Waals surface area contributed by atoms with Gasteiger partial charge in [0.2, 0.25) is 0 Å². The Morgan fingerprint density at radius 1 is 1.14 bits per heavy atom. The number of non-ortho nitro benzene ring substituents is 1. The minimum atomic E-state index is -0.713. The third kappa shape index (κ3) is 5.77. The van der Waals surface area contributed by atoms with Crippen LogP contribution >= 0.6 is 0 Å². The standard InChI is InChI=1S/C23H27N5O7/c1-14-13-26(8-9-27(14)21(29)17-6-5-7-18(12-17)28(32)33)22(30)20-19(15(2)24-16(3)25-20)23(31)35-11-10-34-4/h5-7,12,14H,8-11,13H2,1-4H3. The molecular formula is C23H27N5O7. The number of ether oxygens (including phenoxy) is 2. The van der Waals surface area contributed by atoms with Gasteiger partial charge >= 0.3 is 5.97 Å². The molecule has 1 aromatic carbocycles. The first-order chi connectivity index (χ1) is 16.6. The van der Waals surface area contributed by atoms with Crippen LogP contribution in [0.5, 0.6) is 0 Å². The van der Waals surface area contributed by atoms with Crippen LogP contribution in [-0.2, 0) is 9.47 Å². The molecule has 0 radical (unpaired) electrons. The van der Waals surface area contributed by atoms with E-state index in [2.05, 4.69) is 9.97 Å². The Balaban J connectivity index is 1.78. The highest BCUT2D eigenvalue weighted by Crippen LogP contribution is 2.21. The van der Waals surface area contributed by atoms with Crippen molar-refractivity contribution in [1.29, 1.82) is 0 Å². The lowest BCUT2D eigenvalue weighted by molar-refractivity contribution is -0.384. The van der Waals surface area contributed by atoms with Crippen molar-refractivity contribution in [2.75, 3.05) is 40.0 Å². The number of aromatic nitrogens is 2. The van der Waals surface area contributed by atoms with Gasteiger partial charge in [-0.05, 0) is 26.8 Å². The highest BCUT2D eigenvalue weighted by atomic mass is 16.6. The van der Waals surface area contributed by atoms with Crippen molar-refractivity contribution >= 4 is 23.5 Å².